The number of thioether (sulfide) groups is 1. The van der Waals surface area contributed by atoms with Gasteiger partial charge in [-0.3, -0.25) is 0 Å². The summed E-state index contributed by atoms with van der Waals surface area (Å²) in [6, 6.07) is 8.64. The van der Waals surface area contributed by atoms with E-state index in [2.05, 4.69) is 57.2 Å². The standard InChI is InChI=1S/C11H10INS2/c1-8-6-14-11(13-8)15-7-9-2-4-10(12)5-3-9/h2-6H,7H2,1H3. The van der Waals surface area contributed by atoms with Gasteiger partial charge in [-0.2, -0.15) is 0 Å². The third-order valence-electron chi connectivity index (χ3n) is 1.87. The fourth-order valence-electron chi connectivity index (χ4n) is 1.12. The Bertz CT molecular complexity index is 436. The van der Waals surface area contributed by atoms with E-state index in [0.29, 0.717) is 0 Å². The molecule has 0 saturated heterocycles. The molecule has 0 aliphatic carbocycles. The fraction of sp³-hybridized carbons (Fsp3) is 0.182. The fourth-order valence-corrected chi connectivity index (χ4v) is 3.29. The normalized spacial score (nSPS) is 10.5. The molecule has 0 fully saturated rings. The van der Waals surface area contributed by atoms with Gasteiger partial charge in [0.05, 0.1) is 0 Å². The lowest BCUT2D eigenvalue weighted by atomic mass is 10.2. The lowest BCUT2D eigenvalue weighted by Gasteiger charge is -1.98. The first kappa shape index (κ1) is 11.4. The number of thiazole rings is 1. The van der Waals surface area contributed by atoms with Crippen molar-refractivity contribution in [2.45, 2.75) is 17.0 Å². The van der Waals surface area contributed by atoms with Crippen LogP contribution in [0.2, 0.25) is 0 Å². The number of hydrogen-bond donors (Lipinski definition) is 0. The summed E-state index contributed by atoms with van der Waals surface area (Å²) in [5.74, 6) is 1.00. The van der Waals surface area contributed by atoms with Gasteiger partial charge < -0.3 is 0 Å². The first-order valence-electron chi connectivity index (χ1n) is 4.53. The van der Waals surface area contributed by atoms with Crippen molar-refractivity contribution < 1.29 is 0 Å². The summed E-state index contributed by atoms with van der Waals surface area (Å²) in [4.78, 5) is 4.42. The molecule has 0 saturated carbocycles. The highest BCUT2D eigenvalue weighted by atomic mass is 127. The van der Waals surface area contributed by atoms with E-state index in [4.69, 9.17) is 0 Å². The molecule has 78 valence electrons. The Morgan fingerprint density at radius 1 is 1.33 bits per heavy atom. The van der Waals surface area contributed by atoms with Crippen molar-refractivity contribution in [3.8, 4) is 0 Å². The van der Waals surface area contributed by atoms with E-state index in [-0.39, 0.29) is 0 Å². The van der Waals surface area contributed by atoms with Gasteiger partial charge in [0.25, 0.3) is 0 Å². The molecule has 0 atom stereocenters. The molecule has 0 aliphatic rings. The second-order valence-corrected chi connectivity index (χ2v) is 6.50. The van der Waals surface area contributed by atoms with E-state index in [1.165, 1.54) is 9.13 Å². The molecule has 1 heterocycles. The van der Waals surface area contributed by atoms with Gasteiger partial charge in [0.15, 0.2) is 0 Å². The number of hydrogen-bond acceptors (Lipinski definition) is 3. The highest BCUT2D eigenvalue weighted by Crippen LogP contribution is 2.26. The van der Waals surface area contributed by atoms with E-state index < -0.39 is 0 Å². The van der Waals surface area contributed by atoms with Crippen LogP contribution in [-0.2, 0) is 5.75 Å². The van der Waals surface area contributed by atoms with Crippen molar-refractivity contribution in [2.75, 3.05) is 0 Å². The van der Waals surface area contributed by atoms with Crippen LogP contribution in [0.15, 0.2) is 34.0 Å². The highest BCUT2D eigenvalue weighted by Gasteiger charge is 2.00. The summed E-state index contributed by atoms with van der Waals surface area (Å²) in [5, 5.41) is 2.09. The van der Waals surface area contributed by atoms with Crippen molar-refractivity contribution >= 4 is 45.7 Å². The van der Waals surface area contributed by atoms with Gasteiger partial charge in [-0.05, 0) is 47.2 Å². The van der Waals surface area contributed by atoms with Crippen molar-refractivity contribution in [1.29, 1.82) is 0 Å². The Balaban J connectivity index is 1.96. The number of aromatic nitrogens is 1. The minimum absolute atomic E-state index is 1.00. The zero-order valence-corrected chi connectivity index (χ0v) is 12.0. The van der Waals surface area contributed by atoms with E-state index in [1.54, 1.807) is 23.1 Å². The van der Waals surface area contributed by atoms with Crippen LogP contribution >= 0.6 is 45.7 Å². The third-order valence-corrected chi connectivity index (χ3v) is 4.80. The summed E-state index contributed by atoms with van der Waals surface area (Å²) in [6.45, 7) is 2.03. The van der Waals surface area contributed by atoms with Crippen LogP contribution in [0.1, 0.15) is 11.3 Å². The molecule has 15 heavy (non-hydrogen) atoms. The van der Waals surface area contributed by atoms with Crippen LogP contribution in [0, 0.1) is 10.5 Å². The van der Waals surface area contributed by atoms with Gasteiger partial charge in [-0.15, -0.1) is 11.3 Å². The second kappa shape index (κ2) is 5.32. The predicted molar refractivity (Wildman–Crippen MR) is 75.6 cm³/mol. The Morgan fingerprint density at radius 3 is 2.67 bits per heavy atom. The summed E-state index contributed by atoms with van der Waals surface area (Å²) < 4.78 is 2.44. The first-order valence-corrected chi connectivity index (χ1v) is 7.48. The Labute approximate surface area is 111 Å². The number of halogens is 1. The molecule has 0 aliphatic heterocycles. The maximum Gasteiger partial charge on any atom is 0.150 e. The first-order chi connectivity index (χ1) is 7.24. The molecule has 1 nitrogen and oxygen atoms in total. The molecule has 2 aromatic rings. The van der Waals surface area contributed by atoms with Gasteiger partial charge >= 0.3 is 0 Å². The molecule has 1 aromatic carbocycles. The Hall–Kier alpha value is -0.0700. The average molecular weight is 347 g/mol. The van der Waals surface area contributed by atoms with Gasteiger partial charge in [0, 0.05) is 20.4 Å². The van der Waals surface area contributed by atoms with E-state index >= 15 is 0 Å². The molecule has 0 radical (unpaired) electrons. The van der Waals surface area contributed by atoms with E-state index in [9.17, 15) is 0 Å². The Morgan fingerprint density at radius 2 is 2.07 bits per heavy atom. The van der Waals surface area contributed by atoms with Crippen LogP contribution < -0.4 is 0 Å². The molecule has 0 spiro atoms. The zero-order valence-electron chi connectivity index (χ0n) is 8.24. The van der Waals surface area contributed by atoms with Gasteiger partial charge in [-0.25, -0.2) is 4.98 Å². The largest absolute Gasteiger partial charge is 0.235 e. The molecule has 4 heteroatoms. The van der Waals surface area contributed by atoms with Gasteiger partial charge in [-0.1, -0.05) is 23.9 Å². The highest BCUT2D eigenvalue weighted by molar-refractivity contribution is 14.1. The molecule has 0 N–H and O–H groups in total. The summed E-state index contributed by atoms with van der Waals surface area (Å²) in [6.07, 6.45) is 0. The summed E-state index contributed by atoms with van der Waals surface area (Å²) >= 11 is 5.85. The number of aryl methyl sites for hydroxylation is 1. The van der Waals surface area contributed by atoms with Gasteiger partial charge in [0.2, 0.25) is 0 Å². The van der Waals surface area contributed by atoms with Crippen LogP contribution in [-0.4, -0.2) is 4.98 Å². The molecule has 0 unspecified atom stereocenters. The molecular formula is C11H10INS2. The monoisotopic (exact) mass is 347 g/mol. The predicted octanol–water partition coefficient (Wildman–Crippen LogP) is 4.35. The maximum absolute atomic E-state index is 4.42. The lowest BCUT2D eigenvalue weighted by Crippen LogP contribution is -1.80. The van der Waals surface area contributed by atoms with Crippen LogP contribution in [0.4, 0.5) is 0 Å². The minimum atomic E-state index is 1.00. The minimum Gasteiger partial charge on any atom is -0.235 e. The quantitative estimate of drug-likeness (QED) is 0.605. The van der Waals surface area contributed by atoms with Crippen molar-refractivity contribution in [1.82, 2.24) is 4.98 Å². The van der Waals surface area contributed by atoms with Crippen LogP contribution in [0.25, 0.3) is 0 Å². The summed E-state index contributed by atoms with van der Waals surface area (Å²) in [7, 11) is 0. The Kier molecular flexibility index (Phi) is 4.05. The summed E-state index contributed by atoms with van der Waals surface area (Å²) in [5.41, 5.74) is 2.47. The molecule has 1 aromatic heterocycles. The second-order valence-electron chi connectivity index (χ2n) is 3.17. The number of nitrogens with zero attached hydrogens (tertiary/aromatic N) is 1. The van der Waals surface area contributed by atoms with Gasteiger partial charge in [0.1, 0.15) is 4.34 Å². The number of benzene rings is 1. The SMILES string of the molecule is Cc1csc(SCc2ccc(I)cc2)n1. The van der Waals surface area contributed by atoms with Crippen molar-refractivity contribution in [3.05, 3.63) is 44.5 Å². The van der Waals surface area contributed by atoms with E-state index in [1.807, 2.05) is 6.92 Å². The smallest absolute Gasteiger partial charge is 0.150 e. The van der Waals surface area contributed by atoms with E-state index in [0.717, 1.165) is 15.8 Å². The van der Waals surface area contributed by atoms with Crippen molar-refractivity contribution in [3.63, 3.8) is 0 Å². The maximum atomic E-state index is 4.42. The molecule has 2 rings (SSSR count). The van der Waals surface area contributed by atoms with Crippen LogP contribution in [0.5, 0.6) is 0 Å². The number of rotatable bonds is 3. The molecular weight excluding hydrogens is 337 g/mol. The topological polar surface area (TPSA) is 12.9 Å². The molecule has 0 amide bonds. The molecule has 0 bridgehead atoms. The zero-order chi connectivity index (χ0) is 10.7. The average Bonchev–Trinajstić information content (AvgIpc) is 2.64. The third kappa shape index (κ3) is 3.46. The van der Waals surface area contributed by atoms with Crippen molar-refractivity contribution in [2.24, 2.45) is 0 Å². The van der Waals surface area contributed by atoms with Crippen LogP contribution in [0.3, 0.4) is 0 Å². The lowest BCUT2D eigenvalue weighted by molar-refractivity contribution is 1.16.